The van der Waals surface area contributed by atoms with Crippen molar-refractivity contribution >= 4 is 11.8 Å². The first-order valence-electron chi connectivity index (χ1n) is 2.86. The number of nitrogens with one attached hydrogen (secondary N) is 1. The standard InChI is InChI=1S/C5H8N2O2S/c1-10-3-2-4-5(8)9-7-6-4/h7H,2-3H2,1H3. The van der Waals surface area contributed by atoms with Crippen LogP contribution in [0.5, 0.6) is 0 Å². The lowest BCUT2D eigenvalue weighted by Gasteiger charge is -1.86. The van der Waals surface area contributed by atoms with E-state index < -0.39 is 0 Å². The summed E-state index contributed by atoms with van der Waals surface area (Å²) in [5.41, 5.74) is 0.128. The van der Waals surface area contributed by atoms with Gasteiger partial charge in [0.1, 0.15) is 0 Å². The van der Waals surface area contributed by atoms with Crippen LogP contribution in [0.15, 0.2) is 9.32 Å². The molecule has 0 spiro atoms. The molecule has 0 amide bonds. The molecule has 4 nitrogen and oxygen atoms in total. The van der Waals surface area contributed by atoms with Crippen molar-refractivity contribution in [2.75, 3.05) is 12.0 Å². The maximum atomic E-state index is 10.7. The van der Waals surface area contributed by atoms with E-state index in [0.717, 1.165) is 5.75 Å². The fraction of sp³-hybridized carbons (Fsp3) is 0.600. The van der Waals surface area contributed by atoms with Crippen LogP contribution in [0.1, 0.15) is 5.69 Å². The van der Waals surface area contributed by atoms with Gasteiger partial charge in [-0.1, -0.05) is 0 Å². The number of aromatic nitrogens is 2. The molecule has 5 heteroatoms. The number of H-pyrrole nitrogens is 1. The van der Waals surface area contributed by atoms with Gasteiger partial charge in [0.2, 0.25) is 0 Å². The summed E-state index contributed by atoms with van der Waals surface area (Å²) < 4.78 is 4.36. The highest BCUT2D eigenvalue weighted by Crippen LogP contribution is 1.95. The van der Waals surface area contributed by atoms with Crippen LogP contribution in [-0.2, 0) is 6.42 Å². The second-order valence-electron chi connectivity index (χ2n) is 1.78. The summed E-state index contributed by atoms with van der Waals surface area (Å²) in [6.07, 6.45) is 2.65. The van der Waals surface area contributed by atoms with Crippen molar-refractivity contribution < 1.29 is 4.52 Å². The zero-order valence-electron chi connectivity index (χ0n) is 5.59. The van der Waals surface area contributed by atoms with Crippen molar-refractivity contribution in [2.45, 2.75) is 6.42 Å². The molecule has 0 unspecified atom stereocenters. The summed E-state index contributed by atoms with van der Waals surface area (Å²) in [5, 5.41) is 5.80. The molecule has 0 bridgehead atoms. The lowest BCUT2D eigenvalue weighted by molar-refractivity contribution is 0.368. The van der Waals surface area contributed by atoms with Gasteiger partial charge < -0.3 is 4.52 Å². The Balaban J connectivity index is 2.57. The quantitative estimate of drug-likeness (QED) is 0.689. The van der Waals surface area contributed by atoms with E-state index in [9.17, 15) is 4.79 Å². The van der Waals surface area contributed by atoms with Crippen LogP contribution in [0.25, 0.3) is 0 Å². The zero-order valence-corrected chi connectivity index (χ0v) is 6.40. The van der Waals surface area contributed by atoms with Gasteiger partial charge in [-0.2, -0.15) is 11.8 Å². The molecule has 0 aliphatic carbocycles. The molecule has 1 heterocycles. The minimum atomic E-state index is -0.353. The first-order chi connectivity index (χ1) is 4.84. The van der Waals surface area contributed by atoms with Crippen molar-refractivity contribution in [3.63, 3.8) is 0 Å². The second kappa shape index (κ2) is 3.46. The molecule has 0 radical (unpaired) electrons. The van der Waals surface area contributed by atoms with Crippen LogP contribution in [0.2, 0.25) is 0 Å². The maximum absolute atomic E-state index is 10.7. The molecule has 0 atom stereocenters. The Kier molecular flexibility index (Phi) is 2.56. The van der Waals surface area contributed by atoms with E-state index in [0.29, 0.717) is 12.1 Å². The first-order valence-corrected chi connectivity index (χ1v) is 4.25. The Bertz CT molecular complexity index is 242. The highest BCUT2D eigenvalue weighted by Gasteiger charge is 2.01. The lowest BCUT2D eigenvalue weighted by atomic mass is 10.4. The average Bonchev–Trinajstić information content (AvgIpc) is 2.31. The highest BCUT2D eigenvalue weighted by molar-refractivity contribution is 7.98. The van der Waals surface area contributed by atoms with Gasteiger partial charge in [-0.05, 0) is 12.0 Å². The monoisotopic (exact) mass is 160 g/mol. The van der Waals surface area contributed by atoms with Gasteiger partial charge >= 0.3 is 5.63 Å². The Morgan fingerprint density at radius 2 is 2.60 bits per heavy atom. The number of rotatable bonds is 3. The fourth-order valence-corrected chi connectivity index (χ4v) is 0.978. The molecule has 0 aliphatic rings. The summed E-state index contributed by atoms with van der Waals surface area (Å²) in [7, 11) is 0. The topological polar surface area (TPSA) is 58.9 Å². The van der Waals surface area contributed by atoms with E-state index in [1.54, 1.807) is 11.8 Å². The van der Waals surface area contributed by atoms with Crippen LogP contribution < -0.4 is 5.63 Å². The zero-order chi connectivity index (χ0) is 7.40. The van der Waals surface area contributed by atoms with Crippen molar-refractivity contribution in [3.05, 3.63) is 16.1 Å². The van der Waals surface area contributed by atoms with E-state index in [4.69, 9.17) is 0 Å². The van der Waals surface area contributed by atoms with Gasteiger partial charge in [-0.25, -0.2) is 4.79 Å². The predicted molar refractivity (Wildman–Crippen MR) is 39.2 cm³/mol. The second-order valence-corrected chi connectivity index (χ2v) is 2.77. The van der Waals surface area contributed by atoms with Crippen LogP contribution in [0, 0.1) is 0 Å². The molecule has 1 N–H and O–H groups in total. The number of aromatic amines is 1. The number of aryl methyl sites for hydroxylation is 1. The normalized spacial score (nSPS) is 10.1. The first kappa shape index (κ1) is 7.40. The average molecular weight is 160 g/mol. The summed E-state index contributed by atoms with van der Waals surface area (Å²) in [5.74, 6) is 0.898. The summed E-state index contributed by atoms with van der Waals surface area (Å²) >= 11 is 1.67. The number of hydrogen-bond donors (Lipinski definition) is 1. The maximum Gasteiger partial charge on any atom is 0.380 e. The molecule has 1 rings (SSSR count). The minimum absolute atomic E-state index is 0.353. The Morgan fingerprint density at radius 1 is 1.80 bits per heavy atom. The van der Waals surface area contributed by atoms with E-state index in [1.165, 1.54) is 0 Å². The Labute approximate surface area is 62.0 Å². The molecule has 10 heavy (non-hydrogen) atoms. The molecule has 0 saturated carbocycles. The number of nitrogens with zero attached hydrogens (tertiary/aromatic N) is 1. The molecule has 56 valence electrons. The van der Waals surface area contributed by atoms with Gasteiger partial charge in [0, 0.05) is 6.42 Å². The van der Waals surface area contributed by atoms with Gasteiger partial charge in [-0.3, -0.25) is 0 Å². The third-order valence-corrected chi connectivity index (χ3v) is 1.71. The van der Waals surface area contributed by atoms with Crippen LogP contribution in [0.3, 0.4) is 0 Å². The molecule has 0 fully saturated rings. The van der Waals surface area contributed by atoms with Crippen LogP contribution in [-0.4, -0.2) is 22.4 Å². The van der Waals surface area contributed by atoms with Crippen molar-refractivity contribution in [1.29, 1.82) is 0 Å². The molecule has 1 aromatic rings. The summed E-state index contributed by atoms with van der Waals surface area (Å²) in [6, 6.07) is 0. The predicted octanol–water partition coefficient (Wildman–Crippen LogP) is 0.268. The number of thioether (sulfide) groups is 1. The van der Waals surface area contributed by atoms with Crippen LogP contribution >= 0.6 is 11.8 Å². The minimum Gasteiger partial charge on any atom is -0.320 e. The highest BCUT2D eigenvalue weighted by atomic mass is 32.2. The van der Waals surface area contributed by atoms with Crippen molar-refractivity contribution in [1.82, 2.24) is 10.4 Å². The molecule has 0 aliphatic heterocycles. The SMILES string of the molecule is CSCCc1n[nH]oc1=O. The van der Waals surface area contributed by atoms with Gasteiger partial charge in [0.15, 0.2) is 5.69 Å². The van der Waals surface area contributed by atoms with Crippen molar-refractivity contribution in [3.8, 4) is 0 Å². The van der Waals surface area contributed by atoms with Gasteiger partial charge in [-0.15, -0.1) is 10.4 Å². The summed E-state index contributed by atoms with van der Waals surface area (Å²) in [4.78, 5) is 10.7. The van der Waals surface area contributed by atoms with E-state index in [-0.39, 0.29) is 5.63 Å². The Morgan fingerprint density at radius 3 is 3.10 bits per heavy atom. The van der Waals surface area contributed by atoms with Crippen molar-refractivity contribution in [2.24, 2.45) is 0 Å². The molecular formula is C5H8N2O2S. The van der Waals surface area contributed by atoms with E-state index in [1.807, 2.05) is 6.26 Å². The van der Waals surface area contributed by atoms with E-state index in [2.05, 4.69) is 14.9 Å². The third kappa shape index (κ3) is 1.63. The third-order valence-electron chi connectivity index (χ3n) is 1.10. The Hall–Kier alpha value is -0.710. The van der Waals surface area contributed by atoms with Gasteiger partial charge in [0.25, 0.3) is 0 Å². The molecular weight excluding hydrogens is 152 g/mol. The smallest absolute Gasteiger partial charge is 0.320 e. The molecule has 0 saturated heterocycles. The lowest BCUT2D eigenvalue weighted by Crippen LogP contribution is -2.03. The fourth-order valence-electron chi connectivity index (χ4n) is 0.581. The number of hydrogen-bond acceptors (Lipinski definition) is 4. The van der Waals surface area contributed by atoms with E-state index >= 15 is 0 Å². The summed E-state index contributed by atoms with van der Waals surface area (Å²) in [6.45, 7) is 0. The van der Waals surface area contributed by atoms with Crippen LogP contribution in [0.4, 0.5) is 0 Å². The molecule has 1 aromatic heterocycles. The van der Waals surface area contributed by atoms with Gasteiger partial charge in [0.05, 0.1) is 0 Å². The molecule has 0 aromatic carbocycles. The largest absolute Gasteiger partial charge is 0.380 e.